The number of anilines is 1. The third-order valence-electron chi connectivity index (χ3n) is 4.84. The number of aromatic nitrogens is 1. The molecular formula is C18H20N2O. The lowest BCUT2D eigenvalue weighted by molar-refractivity contribution is 0.334. The minimum atomic E-state index is 0.582. The van der Waals surface area contributed by atoms with Gasteiger partial charge in [0.05, 0.1) is 12.3 Å². The highest BCUT2D eigenvalue weighted by atomic mass is 16.5. The van der Waals surface area contributed by atoms with Gasteiger partial charge in [0.2, 0.25) is 0 Å². The van der Waals surface area contributed by atoms with Crippen molar-refractivity contribution in [3.63, 3.8) is 0 Å². The summed E-state index contributed by atoms with van der Waals surface area (Å²) in [6, 6.07) is 10.1. The second-order valence-electron chi connectivity index (χ2n) is 6.03. The van der Waals surface area contributed by atoms with E-state index < -0.39 is 0 Å². The molecule has 2 bridgehead atoms. The van der Waals surface area contributed by atoms with E-state index in [1.165, 1.54) is 36.0 Å². The SMILES string of the molecule is CCOc1ccc(-c2cccc(N)n2)c2c1C1CCC2C1. The van der Waals surface area contributed by atoms with Crippen LogP contribution < -0.4 is 10.5 Å². The lowest BCUT2D eigenvalue weighted by Crippen LogP contribution is -2.05. The summed E-state index contributed by atoms with van der Waals surface area (Å²) in [7, 11) is 0. The average Bonchev–Trinajstić information content (AvgIpc) is 3.10. The first-order chi connectivity index (χ1) is 10.3. The van der Waals surface area contributed by atoms with E-state index in [4.69, 9.17) is 10.5 Å². The normalized spacial score (nSPS) is 22.3. The molecule has 3 heteroatoms. The number of ether oxygens (including phenoxy) is 1. The molecule has 0 aliphatic heterocycles. The molecule has 108 valence electrons. The molecule has 0 radical (unpaired) electrons. The van der Waals surface area contributed by atoms with Gasteiger partial charge in [0.15, 0.2) is 0 Å². The Morgan fingerprint density at radius 2 is 1.95 bits per heavy atom. The first kappa shape index (κ1) is 12.7. The van der Waals surface area contributed by atoms with Gasteiger partial charge >= 0.3 is 0 Å². The van der Waals surface area contributed by atoms with Gasteiger partial charge in [-0.3, -0.25) is 0 Å². The average molecular weight is 280 g/mol. The number of nitrogens with zero attached hydrogens (tertiary/aromatic N) is 1. The first-order valence-corrected chi connectivity index (χ1v) is 7.80. The summed E-state index contributed by atoms with van der Waals surface area (Å²) in [5.74, 6) is 3.00. The van der Waals surface area contributed by atoms with Crippen LogP contribution in [0.2, 0.25) is 0 Å². The summed E-state index contributed by atoms with van der Waals surface area (Å²) in [6.45, 7) is 2.77. The Bertz CT molecular complexity index is 696. The van der Waals surface area contributed by atoms with Crippen LogP contribution in [0.4, 0.5) is 5.82 Å². The summed E-state index contributed by atoms with van der Waals surface area (Å²) in [5.41, 5.74) is 11.0. The molecule has 2 N–H and O–H groups in total. The van der Waals surface area contributed by atoms with Crippen LogP contribution in [0.1, 0.15) is 49.1 Å². The molecule has 0 saturated heterocycles. The van der Waals surface area contributed by atoms with Crippen LogP contribution in [0.15, 0.2) is 30.3 Å². The number of nitrogen functional groups attached to an aromatic ring is 1. The van der Waals surface area contributed by atoms with E-state index in [2.05, 4.69) is 23.2 Å². The number of hydrogen-bond acceptors (Lipinski definition) is 3. The van der Waals surface area contributed by atoms with Crippen molar-refractivity contribution < 1.29 is 4.74 Å². The van der Waals surface area contributed by atoms with Crippen molar-refractivity contribution in [2.45, 2.75) is 38.0 Å². The van der Waals surface area contributed by atoms with E-state index in [1.807, 2.05) is 19.1 Å². The van der Waals surface area contributed by atoms with Crippen LogP contribution in [-0.4, -0.2) is 11.6 Å². The highest BCUT2D eigenvalue weighted by molar-refractivity contribution is 5.72. The van der Waals surface area contributed by atoms with Gasteiger partial charge in [0.1, 0.15) is 11.6 Å². The Balaban J connectivity index is 1.91. The molecule has 0 spiro atoms. The Morgan fingerprint density at radius 1 is 1.14 bits per heavy atom. The summed E-state index contributed by atoms with van der Waals surface area (Å²) in [5, 5.41) is 0. The van der Waals surface area contributed by atoms with E-state index in [1.54, 1.807) is 0 Å². The van der Waals surface area contributed by atoms with Crippen LogP contribution in [0.3, 0.4) is 0 Å². The van der Waals surface area contributed by atoms with Gasteiger partial charge in [0.25, 0.3) is 0 Å². The lowest BCUT2D eigenvalue weighted by Gasteiger charge is -2.22. The molecule has 1 saturated carbocycles. The Labute approximate surface area is 125 Å². The topological polar surface area (TPSA) is 48.1 Å². The summed E-state index contributed by atoms with van der Waals surface area (Å²) in [4.78, 5) is 4.52. The fourth-order valence-electron chi connectivity index (χ4n) is 4.09. The van der Waals surface area contributed by atoms with E-state index >= 15 is 0 Å². The predicted molar refractivity (Wildman–Crippen MR) is 84.6 cm³/mol. The Kier molecular flexibility index (Phi) is 2.88. The van der Waals surface area contributed by atoms with Crippen LogP contribution in [0.25, 0.3) is 11.3 Å². The number of pyridine rings is 1. The number of rotatable bonds is 3. The van der Waals surface area contributed by atoms with Crippen LogP contribution in [-0.2, 0) is 0 Å². The maximum Gasteiger partial charge on any atom is 0.124 e. The molecule has 0 amide bonds. The van der Waals surface area contributed by atoms with Gasteiger partial charge in [-0.1, -0.05) is 6.07 Å². The molecule has 1 aromatic carbocycles. The van der Waals surface area contributed by atoms with Crippen molar-refractivity contribution in [2.24, 2.45) is 0 Å². The molecular weight excluding hydrogens is 260 g/mol. The fraction of sp³-hybridized carbons (Fsp3) is 0.389. The van der Waals surface area contributed by atoms with Crippen LogP contribution in [0, 0.1) is 0 Å². The standard InChI is InChI=1S/C18H20N2O/c1-2-21-15-9-8-13(14-4-3-5-16(19)20-14)17-11-6-7-12(10-11)18(15)17/h3-5,8-9,11-12H,2,6-7,10H2,1H3,(H2,19,20). The molecule has 21 heavy (non-hydrogen) atoms. The highest BCUT2D eigenvalue weighted by Crippen LogP contribution is 2.58. The van der Waals surface area contributed by atoms with Crippen molar-refractivity contribution in [1.29, 1.82) is 0 Å². The zero-order valence-electron chi connectivity index (χ0n) is 12.3. The number of fused-ring (bicyclic) bond motifs is 5. The highest BCUT2D eigenvalue weighted by Gasteiger charge is 2.40. The van der Waals surface area contributed by atoms with Gasteiger partial charge in [-0.15, -0.1) is 0 Å². The lowest BCUT2D eigenvalue weighted by atomic mass is 9.86. The molecule has 2 atom stereocenters. The monoisotopic (exact) mass is 280 g/mol. The van der Waals surface area contributed by atoms with Gasteiger partial charge in [0, 0.05) is 11.1 Å². The van der Waals surface area contributed by atoms with Crippen LogP contribution >= 0.6 is 0 Å². The van der Waals surface area contributed by atoms with Gasteiger partial charge in [-0.05, 0) is 67.9 Å². The minimum Gasteiger partial charge on any atom is -0.494 e. The fourth-order valence-corrected chi connectivity index (χ4v) is 4.09. The molecule has 3 nitrogen and oxygen atoms in total. The van der Waals surface area contributed by atoms with Gasteiger partial charge < -0.3 is 10.5 Å². The zero-order chi connectivity index (χ0) is 14.4. The van der Waals surface area contributed by atoms with Gasteiger partial charge in [-0.2, -0.15) is 0 Å². The number of hydrogen-bond donors (Lipinski definition) is 1. The molecule has 1 fully saturated rings. The maximum absolute atomic E-state index is 5.87. The summed E-state index contributed by atoms with van der Waals surface area (Å²) >= 11 is 0. The molecule has 2 unspecified atom stereocenters. The Morgan fingerprint density at radius 3 is 2.71 bits per heavy atom. The maximum atomic E-state index is 5.87. The van der Waals surface area contributed by atoms with Crippen LogP contribution in [0.5, 0.6) is 5.75 Å². The second-order valence-corrected chi connectivity index (χ2v) is 6.03. The van der Waals surface area contributed by atoms with Crippen molar-refractivity contribution in [3.05, 3.63) is 41.5 Å². The quantitative estimate of drug-likeness (QED) is 0.921. The van der Waals surface area contributed by atoms with E-state index in [0.717, 1.165) is 18.1 Å². The third-order valence-corrected chi connectivity index (χ3v) is 4.84. The van der Waals surface area contributed by atoms with Crippen molar-refractivity contribution in [3.8, 4) is 17.0 Å². The molecule has 2 aliphatic carbocycles. The second kappa shape index (κ2) is 4.76. The van der Waals surface area contributed by atoms with E-state index in [0.29, 0.717) is 17.7 Å². The molecule has 1 heterocycles. The largest absolute Gasteiger partial charge is 0.494 e. The van der Waals surface area contributed by atoms with E-state index in [9.17, 15) is 0 Å². The number of benzene rings is 1. The third kappa shape index (κ3) is 1.91. The van der Waals surface area contributed by atoms with Crippen molar-refractivity contribution >= 4 is 5.82 Å². The molecule has 2 aliphatic rings. The minimum absolute atomic E-state index is 0.582. The smallest absolute Gasteiger partial charge is 0.124 e. The Hall–Kier alpha value is -2.03. The number of nitrogens with two attached hydrogens (primary N) is 1. The van der Waals surface area contributed by atoms with Crippen molar-refractivity contribution in [2.75, 3.05) is 12.3 Å². The molecule has 1 aromatic heterocycles. The molecule has 4 rings (SSSR count). The van der Waals surface area contributed by atoms with Gasteiger partial charge in [-0.25, -0.2) is 4.98 Å². The predicted octanol–water partition coefficient (Wildman–Crippen LogP) is 4.09. The summed E-state index contributed by atoms with van der Waals surface area (Å²) in [6.07, 6.45) is 3.86. The van der Waals surface area contributed by atoms with Crippen molar-refractivity contribution in [1.82, 2.24) is 4.98 Å². The van der Waals surface area contributed by atoms with E-state index in [-0.39, 0.29) is 0 Å². The molecule has 2 aromatic rings. The first-order valence-electron chi connectivity index (χ1n) is 7.80. The summed E-state index contributed by atoms with van der Waals surface area (Å²) < 4.78 is 5.87. The zero-order valence-corrected chi connectivity index (χ0v) is 12.3.